The summed E-state index contributed by atoms with van der Waals surface area (Å²) in [7, 11) is 0. The molecule has 0 bridgehead atoms. The number of hydrogen-bond acceptors (Lipinski definition) is 0. The third-order valence-electron chi connectivity index (χ3n) is 2.18. The molecule has 0 amide bonds. The summed E-state index contributed by atoms with van der Waals surface area (Å²) in [6.45, 7) is 11.2. The van der Waals surface area contributed by atoms with Crippen molar-refractivity contribution in [2.45, 2.75) is 41.0 Å². The Kier molecular flexibility index (Phi) is 4.42. The summed E-state index contributed by atoms with van der Waals surface area (Å²) in [6.07, 6.45) is 3.52. The number of hydrogen-bond donors (Lipinski definition) is 0. The highest BCUT2D eigenvalue weighted by atomic mass is 14.1. The molecule has 0 nitrogen and oxygen atoms in total. The van der Waals surface area contributed by atoms with Crippen molar-refractivity contribution < 1.29 is 0 Å². The molecule has 0 saturated heterocycles. The highest BCUT2D eigenvalue weighted by molar-refractivity contribution is 5.06. The van der Waals surface area contributed by atoms with E-state index in [1.807, 2.05) is 0 Å². The van der Waals surface area contributed by atoms with E-state index in [-0.39, 0.29) is 0 Å². The largest absolute Gasteiger partial charge is 0.0879 e. The molecule has 0 aromatic heterocycles. The third-order valence-corrected chi connectivity index (χ3v) is 2.18. The van der Waals surface area contributed by atoms with Gasteiger partial charge in [-0.1, -0.05) is 39.3 Å². The molecule has 0 fully saturated rings. The predicted octanol–water partition coefficient (Wildman–Crippen LogP) is 3.63. The summed E-state index contributed by atoms with van der Waals surface area (Å²) in [6, 6.07) is 0. The van der Waals surface area contributed by atoms with Crippen LogP contribution in [0.25, 0.3) is 0 Å². The highest BCUT2D eigenvalue weighted by Crippen LogP contribution is 2.21. The molecule has 0 heterocycles. The fourth-order valence-corrected chi connectivity index (χ4v) is 1.42. The van der Waals surface area contributed by atoms with Gasteiger partial charge in [-0.15, -0.1) is 0 Å². The predicted molar refractivity (Wildman–Crippen MR) is 48.1 cm³/mol. The van der Waals surface area contributed by atoms with Crippen molar-refractivity contribution in [3.05, 3.63) is 11.6 Å². The third kappa shape index (κ3) is 2.55. The van der Waals surface area contributed by atoms with Crippen molar-refractivity contribution in [2.24, 2.45) is 11.8 Å². The van der Waals surface area contributed by atoms with Crippen LogP contribution in [0.5, 0.6) is 0 Å². The molecule has 1 unspecified atom stereocenters. The van der Waals surface area contributed by atoms with E-state index in [2.05, 4.69) is 40.7 Å². The Balaban J connectivity index is 4.08. The molecular formula is C10H20. The lowest BCUT2D eigenvalue weighted by atomic mass is 9.89. The molecule has 1 atom stereocenters. The van der Waals surface area contributed by atoms with E-state index in [0.29, 0.717) is 0 Å². The van der Waals surface area contributed by atoms with E-state index in [1.165, 1.54) is 6.42 Å². The van der Waals surface area contributed by atoms with Crippen LogP contribution in [0.2, 0.25) is 0 Å². The Hall–Kier alpha value is -0.260. The smallest absolute Gasteiger partial charge is 0.0232 e. The van der Waals surface area contributed by atoms with Crippen LogP contribution < -0.4 is 0 Å². The monoisotopic (exact) mass is 140 g/mol. The van der Waals surface area contributed by atoms with E-state index in [9.17, 15) is 0 Å². The molecule has 0 aliphatic heterocycles. The Morgan fingerprint density at radius 3 is 1.90 bits per heavy atom. The zero-order valence-corrected chi connectivity index (χ0v) is 7.94. The van der Waals surface area contributed by atoms with Crippen LogP contribution in [0.4, 0.5) is 0 Å². The fraction of sp³-hybridized carbons (Fsp3) is 0.800. The Bertz CT molecular complexity index is 109. The summed E-state index contributed by atoms with van der Waals surface area (Å²) >= 11 is 0. The molecule has 0 saturated carbocycles. The summed E-state index contributed by atoms with van der Waals surface area (Å²) < 4.78 is 0. The van der Waals surface area contributed by atoms with Gasteiger partial charge in [-0.25, -0.2) is 0 Å². The van der Waals surface area contributed by atoms with Gasteiger partial charge in [0.2, 0.25) is 0 Å². The average Bonchev–Trinajstić information content (AvgIpc) is 1.88. The maximum atomic E-state index is 2.30. The molecular weight excluding hydrogens is 120 g/mol. The van der Waals surface area contributed by atoms with Gasteiger partial charge in [-0.05, 0) is 25.2 Å². The first-order chi connectivity index (χ1) is 4.63. The van der Waals surface area contributed by atoms with Gasteiger partial charge in [0.1, 0.15) is 0 Å². The van der Waals surface area contributed by atoms with Crippen molar-refractivity contribution in [1.29, 1.82) is 0 Å². The van der Waals surface area contributed by atoms with Gasteiger partial charge in [0.15, 0.2) is 0 Å². The molecule has 10 heavy (non-hydrogen) atoms. The lowest BCUT2D eigenvalue weighted by Crippen LogP contribution is -2.03. The molecule has 0 radical (unpaired) electrons. The van der Waals surface area contributed by atoms with Crippen molar-refractivity contribution in [2.75, 3.05) is 0 Å². The van der Waals surface area contributed by atoms with E-state index in [0.717, 1.165) is 11.8 Å². The number of rotatable bonds is 3. The minimum Gasteiger partial charge on any atom is -0.0879 e. The van der Waals surface area contributed by atoms with E-state index in [4.69, 9.17) is 0 Å². The Morgan fingerprint density at radius 1 is 1.30 bits per heavy atom. The Morgan fingerprint density at radius 2 is 1.80 bits per heavy atom. The van der Waals surface area contributed by atoms with Crippen LogP contribution in [0, 0.1) is 11.8 Å². The van der Waals surface area contributed by atoms with Crippen LogP contribution in [-0.4, -0.2) is 0 Å². The first-order valence-electron chi connectivity index (χ1n) is 4.29. The van der Waals surface area contributed by atoms with Gasteiger partial charge in [0.05, 0.1) is 0 Å². The van der Waals surface area contributed by atoms with Gasteiger partial charge in [-0.3, -0.25) is 0 Å². The van der Waals surface area contributed by atoms with Gasteiger partial charge in [0, 0.05) is 0 Å². The fourth-order valence-electron chi connectivity index (χ4n) is 1.42. The molecule has 60 valence electrons. The molecule has 0 aliphatic rings. The SMILES string of the molecule is C/C=C(\C(C)C)C(C)CC. The lowest BCUT2D eigenvalue weighted by molar-refractivity contribution is 0.567. The average molecular weight is 140 g/mol. The summed E-state index contributed by atoms with van der Waals surface area (Å²) in [4.78, 5) is 0. The minimum atomic E-state index is 0.722. The zero-order chi connectivity index (χ0) is 8.15. The Labute approximate surface area is 65.3 Å². The highest BCUT2D eigenvalue weighted by Gasteiger charge is 2.08. The van der Waals surface area contributed by atoms with Gasteiger partial charge < -0.3 is 0 Å². The van der Waals surface area contributed by atoms with Crippen LogP contribution in [0.3, 0.4) is 0 Å². The van der Waals surface area contributed by atoms with Crippen molar-refractivity contribution >= 4 is 0 Å². The maximum absolute atomic E-state index is 2.30. The zero-order valence-electron chi connectivity index (χ0n) is 7.94. The van der Waals surface area contributed by atoms with Gasteiger partial charge in [-0.2, -0.15) is 0 Å². The molecule has 0 aromatic rings. The van der Waals surface area contributed by atoms with Gasteiger partial charge >= 0.3 is 0 Å². The number of allylic oxidation sites excluding steroid dienone is 2. The lowest BCUT2D eigenvalue weighted by Gasteiger charge is -2.16. The van der Waals surface area contributed by atoms with Crippen LogP contribution in [-0.2, 0) is 0 Å². The molecule has 0 spiro atoms. The summed E-state index contributed by atoms with van der Waals surface area (Å²) in [5, 5.41) is 0. The van der Waals surface area contributed by atoms with Crippen LogP contribution in [0.1, 0.15) is 41.0 Å². The van der Waals surface area contributed by atoms with E-state index >= 15 is 0 Å². The minimum absolute atomic E-state index is 0.722. The van der Waals surface area contributed by atoms with Crippen molar-refractivity contribution in [1.82, 2.24) is 0 Å². The first kappa shape index (κ1) is 9.74. The van der Waals surface area contributed by atoms with E-state index < -0.39 is 0 Å². The van der Waals surface area contributed by atoms with Crippen LogP contribution in [0.15, 0.2) is 11.6 Å². The van der Waals surface area contributed by atoms with Gasteiger partial charge in [0.25, 0.3) is 0 Å². The standard InChI is InChI=1S/C10H20/c1-6-9(5)10(7-2)8(3)4/h7-9H,6H2,1-5H3/b10-7+. The van der Waals surface area contributed by atoms with Crippen molar-refractivity contribution in [3.63, 3.8) is 0 Å². The van der Waals surface area contributed by atoms with Crippen molar-refractivity contribution in [3.8, 4) is 0 Å². The second-order valence-corrected chi connectivity index (χ2v) is 3.25. The second kappa shape index (κ2) is 4.54. The second-order valence-electron chi connectivity index (χ2n) is 3.25. The summed E-state index contributed by atoms with van der Waals surface area (Å²) in [5.41, 5.74) is 1.60. The van der Waals surface area contributed by atoms with E-state index in [1.54, 1.807) is 5.57 Å². The quantitative estimate of drug-likeness (QED) is 0.525. The maximum Gasteiger partial charge on any atom is -0.0232 e. The normalized spacial score (nSPS) is 16.0. The molecule has 0 N–H and O–H groups in total. The van der Waals surface area contributed by atoms with Crippen LogP contribution >= 0.6 is 0 Å². The molecule has 0 aliphatic carbocycles. The molecule has 0 aromatic carbocycles. The summed E-state index contributed by atoms with van der Waals surface area (Å²) in [5.74, 6) is 1.49. The molecule has 0 heteroatoms. The molecule has 0 rings (SSSR count). The first-order valence-corrected chi connectivity index (χ1v) is 4.29. The topological polar surface area (TPSA) is 0 Å².